The summed E-state index contributed by atoms with van der Waals surface area (Å²) in [7, 11) is 0. The minimum absolute atomic E-state index is 0.00844. The van der Waals surface area contributed by atoms with E-state index in [0.717, 1.165) is 18.8 Å². The minimum atomic E-state index is -0.225. The molecule has 1 fully saturated rings. The molecule has 1 atom stereocenters. The van der Waals surface area contributed by atoms with Crippen LogP contribution in [0.5, 0.6) is 0 Å². The molecule has 1 aromatic rings. The molecular weight excluding hydrogens is 316 g/mol. The smallest absolute Gasteiger partial charge is 0.238 e. The molecule has 2 rings (SSSR count). The van der Waals surface area contributed by atoms with E-state index in [1.165, 1.54) is 32.1 Å². The second-order valence-electron chi connectivity index (χ2n) is 6.80. The molecule has 1 saturated heterocycles. The van der Waals surface area contributed by atoms with Crippen molar-refractivity contribution in [3.05, 3.63) is 24.3 Å². The van der Waals surface area contributed by atoms with Crippen LogP contribution >= 0.6 is 0 Å². The Hall–Kier alpha value is -1.92. The van der Waals surface area contributed by atoms with Gasteiger partial charge in [-0.1, -0.05) is 26.2 Å². The summed E-state index contributed by atoms with van der Waals surface area (Å²) in [5.74, 6) is -0.317. The average Bonchev–Trinajstić information content (AvgIpc) is 2.58. The zero-order valence-electron chi connectivity index (χ0n) is 15.1. The zero-order chi connectivity index (χ0) is 18.1. The van der Waals surface area contributed by atoms with E-state index >= 15 is 0 Å². The van der Waals surface area contributed by atoms with Gasteiger partial charge >= 0.3 is 0 Å². The largest absolute Gasteiger partial charge is 0.330 e. The van der Waals surface area contributed by atoms with E-state index in [9.17, 15) is 9.59 Å². The van der Waals surface area contributed by atoms with Crippen LogP contribution in [0.1, 0.15) is 39.0 Å². The third kappa shape index (κ3) is 6.84. The third-order valence-electron chi connectivity index (χ3n) is 4.55. The van der Waals surface area contributed by atoms with Crippen LogP contribution in [0, 0.1) is 5.92 Å². The lowest BCUT2D eigenvalue weighted by Crippen LogP contribution is -2.35. The van der Waals surface area contributed by atoms with Gasteiger partial charge in [0.15, 0.2) is 0 Å². The number of amides is 2. The van der Waals surface area contributed by atoms with Crippen molar-refractivity contribution in [1.82, 2.24) is 4.90 Å². The fraction of sp³-hybridized carbons (Fsp3) is 0.579. The molecule has 0 aliphatic carbocycles. The summed E-state index contributed by atoms with van der Waals surface area (Å²) in [5.41, 5.74) is 6.93. The van der Waals surface area contributed by atoms with Crippen LogP contribution in [0.15, 0.2) is 24.3 Å². The van der Waals surface area contributed by atoms with Gasteiger partial charge in [-0.15, -0.1) is 0 Å². The number of hydrogen-bond acceptors (Lipinski definition) is 4. The molecule has 1 aliphatic rings. The zero-order valence-corrected chi connectivity index (χ0v) is 15.1. The predicted octanol–water partition coefficient (Wildman–Crippen LogP) is 2.42. The quantitative estimate of drug-likeness (QED) is 0.738. The highest BCUT2D eigenvalue weighted by Gasteiger charge is 2.13. The topological polar surface area (TPSA) is 87.5 Å². The Labute approximate surface area is 150 Å². The Bertz CT molecular complexity index is 551. The first-order chi connectivity index (χ1) is 12.1. The fourth-order valence-electron chi connectivity index (χ4n) is 2.88. The molecule has 25 heavy (non-hydrogen) atoms. The van der Waals surface area contributed by atoms with Crippen LogP contribution in [-0.4, -0.2) is 42.9 Å². The van der Waals surface area contributed by atoms with Crippen molar-refractivity contribution in [2.75, 3.05) is 36.8 Å². The summed E-state index contributed by atoms with van der Waals surface area (Å²) in [6.07, 6.45) is 6.17. The number of nitrogens with two attached hydrogens (primary N) is 1. The predicted molar refractivity (Wildman–Crippen MR) is 101 cm³/mol. The second-order valence-corrected chi connectivity index (χ2v) is 6.80. The highest BCUT2D eigenvalue weighted by Crippen LogP contribution is 2.15. The fourth-order valence-corrected chi connectivity index (χ4v) is 2.88. The molecule has 0 spiro atoms. The Balaban J connectivity index is 1.81. The summed E-state index contributed by atoms with van der Waals surface area (Å²) >= 11 is 0. The van der Waals surface area contributed by atoms with Gasteiger partial charge in [-0.3, -0.25) is 14.5 Å². The highest BCUT2D eigenvalue weighted by atomic mass is 16.2. The Morgan fingerprint density at radius 3 is 2.08 bits per heavy atom. The van der Waals surface area contributed by atoms with Crippen LogP contribution in [0.4, 0.5) is 11.4 Å². The molecule has 0 aromatic heterocycles. The van der Waals surface area contributed by atoms with Gasteiger partial charge in [0.25, 0.3) is 0 Å². The van der Waals surface area contributed by atoms with E-state index in [-0.39, 0.29) is 17.7 Å². The number of rotatable bonds is 6. The van der Waals surface area contributed by atoms with E-state index in [4.69, 9.17) is 5.73 Å². The lowest BCUT2D eigenvalue weighted by molar-refractivity contribution is -0.119. The van der Waals surface area contributed by atoms with Gasteiger partial charge in [0.05, 0.1) is 6.54 Å². The SMILES string of the molecule is CC(CN)C(=O)Nc1ccc(NC(=O)CN2CCCCCCC2)cc1. The lowest BCUT2D eigenvalue weighted by Gasteiger charge is -2.23. The third-order valence-corrected chi connectivity index (χ3v) is 4.55. The van der Waals surface area contributed by atoms with E-state index < -0.39 is 0 Å². The molecule has 0 saturated carbocycles. The van der Waals surface area contributed by atoms with Crippen LogP contribution in [0.3, 0.4) is 0 Å². The summed E-state index contributed by atoms with van der Waals surface area (Å²) in [4.78, 5) is 26.3. The maximum absolute atomic E-state index is 12.2. The molecule has 1 aliphatic heterocycles. The van der Waals surface area contributed by atoms with Crippen LogP contribution < -0.4 is 16.4 Å². The monoisotopic (exact) mass is 346 g/mol. The molecule has 138 valence electrons. The van der Waals surface area contributed by atoms with Crippen LogP contribution in [-0.2, 0) is 9.59 Å². The number of likely N-dealkylation sites (tertiary alicyclic amines) is 1. The van der Waals surface area contributed by atoms with Gasteiger partial charge in [0, 0.05) is 23.8 Å². The number of carbonyl (C=O) groups is 2. The first-order valence-corrected chi connectivity index (χ1v) is 9.21. The van der Waals surface area contributed by atoms with Gasteiger partial charge in [0.1, 0.15) is 0 Å². The number of benzene rings is 1. The van der Waals surface area contributed by atoms with Gasteiger partial charge in [-0.05, 0) is 50.2 Å². The van der Waals surface area contributed by atoms with Crippen molar-refractivity contribution in [3.63, 3.8) is 0 Å². The van der Waals surface area contributed by atoms with Crippen molar-refractivity contribution in [1.29, 1.82) is 0 Å². The minimum Gasteiger partial charge on any atom is -0.330 e. The standard InChI is InChI=1S/C19H30N4O2/c1-15(13-20)19(25)22-17-9-7-16(8-10-17)21-18(24)14-23-11-5-3-2-4-6-12-23/h7-10,15H,2-6,11-14,20H2,1H3,(H,21,24)(H,22,25). The van der Waals surface area contributed by atoms with Crippen molar-refractivity contribution in [2.45, 2.75) is 39.0 Å². The molecule has 2 amide bonds. The summed E-state index contributed by atoms with van der Waals surface area (Å²) in [5, 5.41) is 5.74. The normalized spacial score (nSPS) is 17.2. The van der Waals surface area contributed by atoms with Crippen molar-refractivity contribution >= 4 is 23.2 Å². The average molecular weight is 346 g/mol. The summed E-state index contributed by atoms with van der Waals surface area (Å²) < 4.78 is 0. The lowest BCUT2D eigenvalue weighted by atomic mass is 10.1. The Morgan fingerprint density at radius 1 is 1.00 bits per heavy atom. The van der Waals surface area contributed by atoms with Gasteiger partial charge in [0.2, 0.25) is 11.8 Å². The summed E-state index contributed by atoms with van der Waals surface area (Å²) in [6.45, 7) is 4.53. The van der Waals surface area contributed by atoms with Crippen molar-refractivity contribution < 1.29 is 9.59 Å². The highest BCUT2D eigenvalue weighted by molar-refractivity contribution is 5.94. The maximum atomic E-state index is 12.2. The van der Waals surface area contributed by atoms with E-state index in [1.807, 2.05) is 0 Å². The molecule has 1 heterocycles. The van der Waals surface area contributed by atoms with Crippen molar-refractivity contribution in [2.24, 2.45) is 11.7 Å². The molecule has 6 nitrogen and oxygen atoms in total. The molecule has 1 aromatic carbocycles. The van der Waals surface area contributed by atoms with E-state index in [2.05, 4.69) is 15.5 Å². The first kappa shape index (κ1) is 19.4. The molecule has 6 heteroatoms. The molecule has 1 unspecified atom stereocenters. The number of nitrogens with zero attached hydrogens (tertiary/aromatic N) is 1. The van der Waals surface area contributed by atoms with E-state index in [1.54, 1.807) is 31.2 Å². The molecule has 4 N–H and O–H groups in total. The maximum Gasteiger partial charge on any atom is 0.238 e. The van der Waals surface area contributed by atoms with Crippen LogP contribution in [0.2, 0.25) is 0 Å². The first-order valence-electron chi connectivity index (χ1n) is 9.21. The molecule has 0 bridgehead atoms. The van der Waals surface area contributed by atoms with Gasteiger partial charge in [-0.25, -0.2) is 0 Å². The second kappa shape index (κ2) is 10.2. The van der Waals surface area contributed by atoms with Gasteiger partial charge in [-0.2, -0.15) is 0 Å². The number of hydrogen-bond donors (Lipinski definition) is 3. The number of anilines is 2. The van der Waals surface area contributed by atoms with Gasteiger partial charge < -0.3 is 16.4 Å². The Kier molecular flexibility index (Phi) is 7.88. The molecular formula is C19H30N4O2. The Morgan fingerprint density at radius 2 is 1.52 bits per heavy atom. The number of carbonyl (C=O) groups excluding carboxylic acids is 2. The summed E-state index contributed by atoms with van der Waals surface area (Å²) in [6, 6.07) is 7.17. The molecule has 0 radical (unpaired) electrons. The van der Waals surface area contributed by atoms with E-state index in [0.29, 0.717) is 18.8 Å². The van der Waals surface area contributed by atoms with Crippen molar-refractivity contribution in [3.8, 4) is 0 Å². The van der Waals surface area contributed by atoms with Crippen LogP contribution in [0.25, 0.3) is 0 Å². The number of nitrogens with one attached hydrogen (secondary N) is 2.